The number of sulfonamides is 1. The maximum Gasteiger partial charge on any atom is 0.322 e. The van der Waals surface area contributed by atoms with Gasteiger partial charge in [-0.1, -0.05) is 29.8 Å². The number of hydrogen-bond donors (Lipinski definition) is 3. The van der Waals surface area contributed by atoms with Crippen LogP contribution in [-0.4, -0.2) is 38.0 Å². The molecule has 7 nitrogen and oxygen atoms in total. The lowest BCUT2D eigenvalue weighted by Gasteiger charge is -2.21. The van der Waals surface area contributed by atoms with Gasteiger partial charge in [0.25, 0.3) is 0 Å². The summed E-state index contributed by atoms with van der Waals surface area (Å²) in [6, 6.07) is 4.89. The van der Waals surface area contributed by atoms with E-state index in [1.165, 1.54) is 12.1 Å². The Balaban J connectivity index is 2.92. The van der Waals surface area contributed by atoms with Gasteiger partial charge < -0.3 is 10.4 Å². The van der Waals surface area contributed by atoms with Crippen molar-refractivity contribution in [2.45, 2.75) is 24.8 Å². The molecule has 0 fully saturated rings. The van der Waals surface area contributed by atoms with Crippen LogP contribution < -0.4 is 10.0 Å². The lowest BCUT2D eigenvalue weighted by atomic mass is 10.1. The molecule has 0 heterocycles. The summed E-state index contributed by atoms with van der Waals surface area (Å²) in [7, 11) is -3.88. The molecule has 3 N–H and O–H groups in total. The number of hydrogen-bond acceptors (Lipinski definition) is 4. The molecule has 0 saturated heterocycles. The molecule has 0 radical (unpaired) electrons. The van der Waals surface area contributed by atoms with Crippen LogP contribution >= 0.6 is 15.9 Å². The minimum Gasteiger partial charge on any atom is -0.480 e. The number of nitrogens with one attached hydrogen (secondary N) is 2. The lowest BCUT2D eigenvalue weighted by Crippen LogP contribution is -2.50. The fourth-order valence-corrected chi connectivity index (χ4v) is 3.22. The van der Waals surface area contributed by atoms with Crippen molar-refractivity contribution >= 4 is 37.8 Å². The van der Waals surface area contributed by atoms with E-state index in [-0.39, 0.29) is 10.8 Å². The topological polar surface area (TPSA) is 113 Å². The van der Waals surface area contributed by atoms with Gasteiger partial charge >= 0.3 is 5.97 Å². The molecule has 0 aliphatic carbocycles. The molecule has 1 amide bonds. The molecule has 0 bridgehead atoms. The van der Waals surface area contributed by atoms with Gasteiger partial charge in [-0.05, 0) is 30.2 Å². The second kappa shape index (κ2) is 7.70. The summed E-state index contributed by atoms with van der Waals surface area (Å²) in [6.45, 7) is 2.76. The third-order valence-electron chi connectivity index (χ3n) is 2.77. The molecule has 9 heteroatoms. The Bertz CT molecular complexity index is 643. The second-order valence-corrected chi connectivity index (χ2v) is 7.54. The van der Waals surface area contributed by atoms with Gasteiger partial charge in [-0.15, -0.1) is 0 Å². The lowest BCUT2D eigenvalue weighted by molar-refractivity contribution is -0.138. The summed E-state index contributed by atoms with van der Waals surface area (Å²) in [5.74, 6) is -2.23. The third-order valence-corrected chi connectivity index (χ3v) is 4.75. The van der Waals surface area contributed by atoms with E-state index >= 15 is 0 Å². The molecule has 1 rings (SSSR count). The minimum atomic E-state index is -3.88. The molecule has 1 aromatic carbocycles. The Labute approximate surface area is 137 Å². The van der Waals surface area contributed by atoms with Crippen LogP contribution in [0.1, 0.15) is 13.8 Å². The highest BCUT2D eigenvalue weighted by atomic mass is 79.9. The number of amides is 1. The summed E-state index contributed by atoms with van der Waals surface area (Å²) < 4.78 is 27.6. The SMILES string of the molecule is CC(C)[C@H](NS(=O)(=O)c1ccc(Br)cc1)C(=O)NCC(=O)O. The molecule has 0 unspecified atom stereocenters. The molecule has 1 atom stereocenters. The number of carbonyl (C=O) groups excluding carboxylic acids is 1. The number of benzene rings is 1. The monoisotopic (exact) mass is 392 g/mol. The molecular weight excluding hydrogens is 376 g/mol. The van der Waals surface area contributed by atoms with Crippen LogP contribution in [0, 0.1) is 5.92 Å². The highest BCUT2D eigenvalue weighted by Gasteiger charge is 2.28. The van der Waals surface area contributed by atoms with Crippen LogP contribution in [-0.2, 0) is 19.6 Å². The molecule has 1 aromatic rings. The smallest absolute Gasteiger partial charge is 0.322 e. The Morgan fingerprint density at radius 3 is 2.23 bits per heavy atom. The fraction of sp³-hybridized carbons (Fsp3) is 0.385. The van der Waals surface area contributed by atoms with E-state index in [2.05, 4.69) is 26.0 Å². The Hall–Kier alpha value is -1.45. The van der Waals surface area contributed by atoms with Gasteiger partial charge in [0.2, 0.25) is 15.9 Å². The van der Waals surface area contributed by atoms with E-state index in [0.29, 0.717) is 0 Å². The molecule has 22 heavy (non-hydrogen) atoms. The van der Waals surface area contributed by atoms with E-state index in [0.717, 1.165) is 4.47 Å². The van der Waals surface area contributed by atoms with Gasteiger partial charge in [0.05, 0.1) is 4.90 Å². The summed E-state index contributed by atoms with van der Waals surface area (Å²) in [5, 5.41) is 10.7. The molecule has 0 aliphatic rings. The molecule has 122 valence electrons. The second-order valence-electron chi connectivity index (χ2n) is 4.91. The normalized spacial score (nSPS) is 12.9. The average Bonchev–Trinajstić information content (AvgIpc) is 2.42. The van der Waals surface area contributed by atoms with Gasteiger partial charge in [0.1, 0.15) is 12.6 Å². The Morgan fingerprint density at radius 2 is 1.77 bits per heavy atom. The predicted octanol–water partition coefficient (Wildman–Crippen LogP) is 0.953. The van der Waals surface area contributed by atoms with Gasteiger partial charge in [0, 0.05) is 4.47 Å². The zero-order chi connectivity index (χ0) is 16.9. The zero-order valence-electron chi connectivity index (χ0n) is 12.0. The van der Waals surface area contributed by atoms with Crippen molar-refractivity contribution in [2.24, 2.45) is 5.92 Å². The summed E-state index contributed by atoms with van der Waals surface area (Å²) in [5.41, 5.74) is 0. The number of aliphatic carboxylic acids is 1. The Kier molecular flexibility index (Phi) is 6.51. The molecule has 0 saturated carbocycles. The maximum atomic E-state index is 12.3. The van der Waals surface area contributed by atoms with Crippen molar-refractivity contribution in [3.05, 3.63) is 28.7 Å². The van der Waals surface area contributed by atoms with Crippen molar-refractivity contribution in [3.63, 3.8) is 0 Å². The van der Waals surface area contributed by atoms with Gasteiger partial charge in [-0.2, -0.15) is 4.72 Å². The van der Waals surface area contributed by atoms with E-state index in [1.807, 2.05) is 0 Å². The van der Waals surface area contributed by atoms with Crippen LogP contribution in [0.5, 0.6) is 0 Å². The molecule has 0 aromatic heterocycles. The molecule has 0 spiro atoms. The van der Waals surface area contributed by atoms with Crippen LogP contribution in [0.15, 0.2) is 33.6 Å². The van der Waals surface area contributed by atoms with E-state index in [9.17, 15) is 18.0 Å². The zero-order valence-corrected chi connectivity index (χ0v) is 14.4. The van der Waals surface area contributed by atoms with Crippen LogP contribution in [0.3, 0.4) is 0 Å². The number of carboxylic acid groups (broad SMARTS) is 1. The van der Waals surface area contributed by atoms with Crippen molar-refractivity contribution < 1.29 is 23.1 Å². The van der Waals surface area contributed by atoms with E-state index in [1.54, 1.807) is 26.0 Å². The van der Waals surface area contributed by atoms with E-state index in [4.69, 9.17) is 5.11 Å². The quantitative estimate of drug-likeness (QED) is 0.639. The van der Waals surface area contributed by atoms with Gasteiger partial charge in [-0.3, -0.25) is 9.59 Å². The number of rotatable bonds is 7. The number of carboxylic acids is 1. The third kappa shape index (κ3) is 5.39. The number of halogens is 1. The first-order valence-corrected chi connectivity index (χ1v) is 8.68. The van der Waals surface area contributed by atoms with Crippen LogP contribution in [0.25, 0.3) is 0 Å². The van der Waals surface area contributed by atoms with Crippen molar-refractivity contribution in [3.8, 4) is 0 Å². The first-order valence-electron chi connectivity index (χ1n) is 6.41. The van der Waals surface area contributed by atoms with Crippen LogP contribution in [0.4, 0.5) is 0 Å². The van der Waals surface area contributed by atoms with Crippen molar-refractivity contribution in [2.75, 3.05) is 6.54 Å². The minimum absolute atomic E-state index is 0.0207. The first-order chi connectivity index (χ1) is 10.1. The molecular formula is C13H17BrN2O5S. The fourth-order valence-electron chi connectivity index (χ4n) is 1.61. The van der Waals surface area contributed by atoms with Crippen molar-refractivity contribution in [1.29, 1.82) is 0 Å². The average molecular weight is 393 g/mol. The van der Waals surface area contributed by atoms with E-state index < -0.39 is 34.5 Å². The van der Waals surface area contributed by atoms with Gasteiger partial charge in [-0.25, -0.2) is 8.42 Å². The predicted molar refractivity (Wildman–Crippen MR) is 83.7 cm³/mol. The van der Waals surface area contributed by atoms with Crippen LogP contribution in [0.2, 0.25) is 0 Å². The highest BCUT2D eigenvalue weighted by molar-refractivity contribution is 9.10. The summed E-state index contributed by atoms with van der Waals surface area (Å²) in [4.78, 5) is 22.4. The van der Waals surface area contributed by atoms with Crippen molar-refractivity contribution in [1.82, 2.24) is 10.0 Å². The van der Waals surface area contributed by atoms with Gasteiger partial charge in [0.15, 0.2) is 0 Å². The number of carbonyl (C=O) groups is 2. The Morgan fingerprint density at radius 1 is 1.23 bits per heavy atom. The molecule has 0 aliphatic heterocycles. The maximum absolute atomic E-state index is 12.3. The largest absolute Gasteiger partial charge is 0.480 e. The highest BCUT2D eigenvalue weighted by Crippen LogP contribution is 2.16. The standard InChI is InChI=1S/C13H17BrN2O5S/c1-8(2)12(13(19)15-7-11(17)18)16-22(20,21)10-5-3-9(14)4-6-10/h3-6,8,12,16H,7H2,1-2H3,(H,15,19)(H,17,18)/t12-/m0/s1. The summed E-state index contributed by atoms with van der Waals surface area (Å²) >= 11 is 3.21. The first kappa shape index (κ1) is 18.6. The summed E-state index contributed by atoms with van der Waals surface area (Å²) in [6.07, 6.45) is 0.